The van der Waals surface area contributed by atoms with Gasteiger partial charge in [0.15, 0.2) is 5.79 Å². The number of piperidine rings is 1. The van der Waals surface area contributed by atoms with Crippen LogP contribution in [0.25, 0.3) is 0 Å². The number of carbonyl (C=O) groups excluding carboxylic acids is 1. The molecule has 3 heterocycles. The van der Waals surface area contributed by atoms with Crippen molar-refractivity contribution in [3.63, 3.8) is 0 Å². The van der Waals surface area contributed by atoms with E-state index in [1.165, 1.54) is 0 Å². The van der Waals surface area contributed by atoms with Crippen LogP contribution in [-0.4, -0.2) is 54.9 Å². The molecule has 1 aromatic heterocycles. The predicted octanol–water partition coefficient (Wildman–Crippen LogP) is 2.83. The van der Waals surface area contributed by atoms with Crippen LogP contribution in [0.15, 0.2) is 48.8 Å². The standard InChI is InChI=1S/C20H23N3O3/c1-22(17-5-3-2-4-6-17)18-13-16(14-21-15-18)19(24)23-9-7-20(8-10-23)25-11-12-26-20/h2-6,13-15H,7-12H2,1H3. The molecule has 4 rings (SSSR count). The van der Waals surface area contributed by atoms with Gasteiger partial charge in [0.2, 0.25) is 0 Å². The van der Waals surface area contributed by atoms with Crippen molar-refractivity contribution in [2.24, 2.45) is 0 Å². The monoisotopic (exact) mass is 353 g/mol. The summed E-state index contributed by atoms with van der Waals surface area (Å²) in [6.45, 7) is 2.56. The first-order chi connectivity index (χ1) is 12.7. The summed E-state index contributed by atoms with van der Waals surface area (Å²) in [5.41, 5.74) is 2.54. The smallest absolute Gasteiger partial charge is 0.255 e. The molecule has 0 saturated carbocycles. The molecule has 0 N–H and O–H groups in total. The van der Waals surface area contributed by atoms with Crippen molar-refractivity contribution >= 4 is 17.3 Å². The van der Waals surface area contributed by atoms with Gasteiger partial charge >= 0.3 is 0 Å². The van der Waals surface area contributed by atoms with Gasteiger partial charge < -0.3 is 19.3 Å². The lowest BCUT2D eigenvalue weighted by Crippen LogP contribution is -2.47. The summed E-state index contributed by atoms with van der Waals surface area (Å²) in [7, 11) is 1.97. The number of benzene rings is 1. The van der Waals surface area contributed by atoms with Gasteiger partial charge in [-0.2, -0.15) is 0 Å². The van der Waals surface area contributed by atoms with Crippen molar-refractivity contribution in [2.75, 3.05) is 38.3 Å². The molecule has 6 heteroatoms. The number of hydrogen-bond donors (Lipinski definition) is 0. The Labute approximate surface area is 153 Å². The average Bonchev–Trinajstić information content (AvgIpc) is 3.16. The van der Waals surface area contributed by atoms with Crippen LogP contribution < -0.4 is 4.90 Å². The summed E-state index contributed by atoms with van der Waals surface area (Å²) in [5.74, 6) is -0.460. The minimum Gasteiger partial charge on any atom is -0.347 e. The lowest BCUT2D eigenvalue weighted by molar-refractivity contribution is -0.181. The summed E-state index contributed by atoms with van der Waals surface area (Å²) in [5, 5.41) is 0. The fraction of sp³-hybridized carbons (Fsp3) is 0.400. The average molecular weight is 353 g/mol. The third kappa shape index (κ3) is 3.30. The topological polar surface area (TPSA) is 54.9 Å². The number of anilines is 2. The second-order valence-corrected chi connectivity index (χ2v) is 6.73. The molecule has 2 aromatic rings. The highest BCUT2D eigenvalue weighted by Crippen LogP contribution is 2.32. The molecule has 2 saturated heterocycles. The number of amides is 1. The van der Waals surface area contributed by atoms with Gasteiger partial charge in [-0.1, -0.05) is 18.2 Å². The highest BCUT2D eigenvalue weighted by atomic mass is 16.7. The maximum atomic E-state index is 12.9. The highest BCUT2D eigenvalue weighted by molar-refractivity contribution is 5.95. The number of pyridine rings is 1. The fourth-order valence-electron chi connectivity index (χ4n) is 3.55. The number of hydrogen-bond acceptors (Lipinski definition) is 5. The van der Waals surface area contributed by atoms with Crippen molar-refractivity contribution in [2.45, 2.75) is 18.6 Å². The molecule has 1 amide bonds. The van der Waals surface area contributed by atoms with Crippen molar-refractivity contribution in [3.8, 4) is 0 Å². The van der Waals surface area contributed by atoms with Crippen LogP contribution in [0.3, 0.4) is 0 Å². The summed E-state index contributed by atoms with van der Waals surface area (Å²) in [4.78, 5) is 21.1. The summed E-state index contributed by atoms with van der Waals surface area (Å²) in [6.07, 6.45) is 4.85. The van der Waals surface area contributed by atoms with E-state index in [0.717, 1.165) is 24.2 Å². The molecule has 6 nitrogen and oxygen atoms in total. The number of ether oxygens (including phenoxy) is 2. The van der Waals surface area contributed by atoms with Gasteiger partial charge in [0, 0.05) is 44.9 Å². The van der Waals surface area contributed by atoms with Crippen molar-refractivity contribution in [1.82, 2.24) is 9.88 Å². The first kappa shape index (κ1) is 17.0. The molecule has 2 fully saturated rings. The fourth-order valence-corrected chi connectivity index (χ4v) is 3.55. The van der Waals surface area contributed by atoms with Gasteiger partial charge in [-0.15, -0.1) is 0 Å². The van der Waals surface area contributed by atoms with E-state index >= 15 is 0 Å². The zero-order valence-electron chi connectivity index (χ0n) is 14.9. The molecule has 0 radical (unpaired) electrons. The Hall–Kier alpha value is -2.44. The van der Waals surface area contributed by atoms with E-state index in [-0.39, 0.29) is 5.91 Å². The SMILES string of the molecule is CN(c1ccccc1)c1cncc(C(=O)N2CCC3(CC2)OCCO3)c1. The number of aromatic nitrogens is 1. The Kier molecular flexibility index (Phi) is 4.61. The summed E-state index contributed by atoms with van der Waals surface area (Å²) in [6, 6.07) is 11.9. The van der Waals surface area contributed by atoms with Gasteiger partial charge in [0.25, 0.3) is 5.91 Å². The van der Waals surface area contributed by atoms with Crippen molar-refractivity contribution in [3.05, 3.63) is 54.4 Å². The molecule has 26 heavy (non-hydrogen) atoms. The van der Waals surface area contributed by atoms with Gasteiger partial charge in [-0.05, 0) is 18.2 Å². The molecule has 2 aliphatic rings. The zero-order valence-corrected chi connectivity index (χ0v) is 14.9. The number of carbonyl (C=O) groups is 1. The zero-order chi connectivity index (χ0) is 18.0. The minimum absolute atomic E-state index is 0.00802. The van der Waals surface area contributed by atoms with Crippen LogP contribution in [-0.2, 0) is 9.47 Å². The third-order valence-electron chi connectivity index (χ3n) is 5.13. The van der Waals surface area contributed by atoms with E-state index in [1.54, 1.807) is 12.4 Å². The van der Waals surface area contributed by atoms with Crippen LogP contribution in [0.1, 0.15) is 23.2 Å². The summed E-state index contributed by atoms with van der Waals surface area (Å²) < 4.78 is 11.5. The Morgan fingerprint density at radius 3 is 2.46 bits per heavy atom. The van der Waals surface area contributed by atoms with Gasteiger partial charge in [0.05, 0.1) is 30.7 Å². The first-order valence-corrected chi connectivity index (χ1v) is 8.98. The van der Waals surface area contributed by atoms with Crippen LogP contribution in [0.2, 0.25) is 0 Å². The normalized spacial score (nSPS) is 18.9. The highest BCUT2D eigenvalue weighted by Gasteiger charge is 2.40. The lowest BCUT2D eigenvalue weighted by Gasteiger charge is -2.37. The van der Waals surface area contributed by atoms with E-state index in [1.807, 2.05) is 53.2 Å². The lowest BCUT2D eigenvalue weighted by atomic mass is 10.0. The Morgan fingerprint density at radius 2 is 1.77 bits per heavy atom. The molecule has 0 atom stereocenters. The molecule has 0 aliphatic carbocycles. The first-order valence-electron chi connectivity index (χ1n) is 8.98. The van der Waals surface area contributed by atoms with Crippen LogP contribution >= 0.6 is 0 Å². The third-order valence-corrected chi connectivity index (χ3v) is 5.13. The number of nitrogens with zero attached hydrogens (tertiary/aromatic N) is 3. The number of para-hydroxylation sites is 1. The Balaban J connectivity index is 1.47. The molecule has 0 unspecified atom stereocenters. The van der Waals surface area contributed by atoms with Gasteiger partial charge in [-0.25, -0.2) is 0 Å². The van der Waals surface area contributed by atoms with Gasteiger partial charge in [-0.3, -0.25) is 9.78 Å². The van der Waals surface area contributed by atoms with Crippen LogP contribution in [0.5, 0.6) is 0 Å². The molecule has 1 spiro atoms. The molecule has 136 valence electrons. The van der Waals surface area contributed by atoms with E-state index in [0.29, 0.717) is 31.9 Å². The quantitative estimate of drug-likeness (QED) is 0.849. The Bertz CT molecular complexity index is 765. The van der Waals surface area contributed by atoms with E-state index in [2.05, 4.69) is 4.98 Å². The summed E-state index contributed by atoms with van der Waals surface area (Å²) >= 11 is 0. The Morgan fingerprint density at radius 1 is 1.08 bits per heavy atom. The number of likely N-dealkylation sites (tertiary alicyclic amines) is 1. The minimum atomic E-state index is -0.468. The van der Waals surface area contributed by atoms with Crippen molar-refractivity contribution in [1.29, 1.82) is 0 Å². The largest absolute Gasteiger partial charge is 0.347 e. The van der Waals surface area contributed by atoms with Gasteiger partial charge in [0.1, 0.15) is 0 Å². The predicted molar refractivity (Wildman–Crippen MR) is 98.5 cm³/mol. The maximum Gasteiger partial charge on any atom is 0.255 e. The van der Waals surface area contributed by atoms with E-state index < -0.39 is 5.79 Å². The van der Waals surface area contributed by atoms with Crippen molar-refractivity contribution < 1.29 is 14.3 Å². The molecular formula is C20H23N3O3. The molecule has 1 aromatic carbocycles. The molecular weight excluding hydrogens is 330 g/mol. The molecule has 2 aliphatic heterocycles. The van der Waals surface area contributed by atoms with E-state index in [4.69, 9.17) is 9.47 Å². The maximum absolute atomic E-state index is 12.9. The number of rotatable bonds is 3. The van der Waals surface area contributed by atoms with Crippen LogP contribution in [0, 0.1) is 0 Å². The van der Waals surface area contributed by atoms with Crippen LogP contribution in [0.4, 0.5) is 11.4 Å². The second kappa shape index (κ2) is 7.05. The second-order valence-electron chi connectivity index (χ2n) is 6.73. The van der Waals surface area contributed by atoms with E-state index in [9.17, 15) is 4.79 Å². The molecule has 0 bridgehead atoms.